The van der Waals surface area contributed by atoms with Crippen LogP contribution in [-0.2, 0) is 37.9 Å². The minimum Gasteiger partial charge on any atom is -0.507 e. The van der Waals surface area contributed by atoms with Gasteiger partial charge in [0, 0.05) is 29.0 Å². The molecule has 4 heterocycles. The first kappa shape index (κ1) is 23.2. The van der Waals surface area contributed by atoms with Gasteiger partial charge in [-0.3, -0.25) is 9.59 Å². The number of carboxylic acids is 1. The number of pyridine rings is 2. The molecular formula is C25H21N3O8. The molecule has 11 nitrogen and oxygen atoms in total. The molecule has 0 bridgehead atoms. The molecule has 0 aliphatic carbocycles. The molecule has 36 heavy (non-hydrogen) atoms. The molecule has 0 saturated carbocycles. The number of benzene rings is 1. The molecule has 0 unspecified atom stereocenters. The quantitative estimate of drug-likeness (QED) is 0.243. The summed E-state index contributed by atoms with van der Waals surface area (Å²) >= 11 is 0. The van der Waals surface area contributed by atoms with Crippen molar-refractivity contribution < 1.29 is 34.4 Å². The molecule has 0 fully saturated rings. The van der Waals surface area contributed by atoms with E-state index in [0.717, 1.165) is 6.08 Å². The number of esters is 1. The Balaban J connectivity index is 1.72. The van der Waals surface area contributed by atoms with Gasteiger partial charge in [0.05, 0.1) is 29.0 Å². The van der Waals surface area contributed by atoms with Crippen LogP contribution in [0.3, 0.4) is 0 Å². The third-order valence-corrected chi connectivity index (χ3v) is 6.54. The highest BCUT2D eigenvalue weighted by Gasteiger charge is 2.45. The number of hydrogen-bond donors (Lipinski definition) is 4. The van der Waals surface area contributed by atoms with Gasteiger partial charge in [0.2, 0.25) is 5.91 Å². The van der Waals surface area contributed by atoms with Crippen molar-refractivity contribution in [1.29, 1.82) is 0 Å². The maximum Gasteiger partial charge on any atom is 0.352 e. The van der Waals surface area contributed by atoms with E-state index < -0.39 is 34.7 Å². The fourth-order valence-electron chi connectivity index (χ4n) is 4.70. The van der Waals surface area contributed by atoms with E-state index in [1.807, 2.05) is 0 Å². The molecule has 0 radical (unpaired) electrons. The number of amides is 1. The largest absolute Gasteiger partial charge is 0.507 e. The molecule has 1 atom stereocenters. The van der Waals surface area contributed by atoms with E-state index in [4.69, 9.17) is 4.74 Å². The fraction of sp³-hybridized carbons (Fsp3) is 0.240. The Kier molecular flexibility index (Phi) is 5.18. The Bertz CT molecular complexity index is 1600. The molecule has 5 rings (SSSR count). The lowest BCUT2D eigenvalue weighted by Gasteiger charge is -2.31. The molecule has 1 aromatic carbocycles. The highest BCUT2D eigenvalue weighted by atomic mass is 16.6. The Morgan fingerprint density at radius 1 is 1.28 bits per heavy atom. The maximum atomic E-state index is 13.3. The summed E-state index contributed by atoms with van der Waals surface area (Å²) in [5.74, 6) is -3.01. The molecule has 2 aromatic heterocycles. The van der Waals surface area contributed by atoms with Crippen molar-refractivity contribution >= 4 is 34.8 Å². The van der Waals surface area contributed by atoms with Gasteiger partial charge in [-0.15, -0.1) is 0 Å². The van der Waals surface area contributed by atoms with Gasteiger partial charge in [0.15, 0.2) is 5.60 Å². The molecular weight excluding hydrogens is 470 g/mol. The van der Waals surface area contributed by atoms with Crippen LogP contribution in [0.25, 0.3) is 28.4 Å². The van der Waals surface area contributed by atoms with E-state index in [1.54, 1.807) is 25.1 Å². The Morgan fingerprint density at radius 2 is 2.03 bits per heavy atom. The highest BCUT2D eigenvalue weighted by molar-refractivity contribution is 6.01. The van der Waals surface area contributed by atoms with Crippen molar-refractivity contribution in [2.75, 3.05) is 0 Å². The molecule has 0 spiro atoms. The summed E-state index contributed by atoms with van der Waals surface area (Å²) in [6.45, 7) is 2.68. The molecule has 2 aliphatic heterocycles. The zero-order valence-corrected chi connectivity index (χ0v) is 19.3. The number of aromatic nitrogens is 2. The molecule has 0 saturated heterocycles. The lowest BCUT2D eigenvalue weighted by atomic mass is 9.86. The predicted molar refractivity (Wildman–Crippen MR) is 126 cm³/mol. The minimum atomic E-state index is -1.94. The molecule has 3 aromatic rings. The van der Waals surface area contributed by atoms with Gasteiger partial charge in [0.25, 0.3) is 5.56 Å². The van der Waals surface area contributed by atoms with Gasteiger partial charge < -0.3 is 29.9 Å². The number of phenolic OH excluding ortho intramolecular Hbond substituents is 1. The van der Waals surface area contributed by atoms with Gasteiger partial charge >= 0.3 is 11.9 Å². The van der Waals surface area contributed by atoms with Crippen LogP contribution in [0, 0.1) is 0 Å². The van der Waals surface area contributed by atoms with Crippen LogP contribution in [0.15, 0.2) is 34.8 Å². The van der Waals surface area contributed by atoms with Gasteiger partial charge in [0.1, 0.15) is 18.1 Å². The van der Waals surface area contributed by atoms with Crippen LogP contribution in [0.1, 0.15) is 42.5 Å². The molecule has 1 amide bonds. The molecule has 11 heteroatoms. The van der Waals surface area contributed by atoms with Gasteiger partial charge in [-0.2, -0.15) is 0 Å². The SMILES string of the molecule is CC[C@@]1(O)C(=O)OCc2c1cc1n(c2=O)Cc2cc3c(C=C(NC(C)=O)C(=O)O)c(O)ccc3nc2-1. The topological polar surface area (TPSA) is 168 Å². The number of carbonyl (C=O) groups is 3. The summed E-state index contributed by atoms with van der Waals surface area (Å²) in [5.41, 5.74) is -0.357. The van der Waals surface area contributed by atoms with E-state index in [9.17, 15) is 34.5 Å². The normalized spacial score (nSPS) is 18.3. The number of rotatable bonds is 4. The third-order valence-electron chi connectivity index (χ3n) is 6.54. The van der Waals surface area contributed by atoms with Crippen LogP contribution in [0.5, 0.6) is 5.75 Å². The van der Waals surface area contributed by atoms with Crippen LogP contribution in [0.4, 0.5) is 0 Å². The average Bonchev–Trinajstić information content (AvgIpc) is 3.19. The van der Waals surface area contributed by atoms with Gasteiger partial charge in [-0.1, -0.05) is 6.92 Å². The standard InChI is InChI=1S/C25H21N3O8/c1-3-25(35)16-8-19-21-12(9-28(19)22(31)15(16)10-36-24(25)34)6-13-14(20(30)5-4-17(13)27-21)7-18(23(32)33)26-11(2)29/h4-8,30,35H,3,9-10H2,1-2H3,(H,26,29)(H,32,33)/t25-/m0/s1. The van der Waals surface area contributed by atoms with Crippen LogP contribution in [0.2, 0.25) is 0 Å². The van der Waals surface area contributed by atoms with E-state index in [0.29, 0.717) is 27.9 Å². The second-order valence-corrected chi connectivity index (χ2v) is 8.71. The number of carbonyl (C=O) groups excluding carboxylic acids is 2. The summed E-state index contributed by atoms with van der Waals surface area (Å²) in [7, 11) is 0. The minimum absolute atomic E-state index is 0.0227. The summed E-state index contributed by atoms with van der Waals surface area (Å²) in [6.07, 6.45) is 1.17. The first-order chi connectivity index (χ1) is 17.0. The van der Waals surface area contributed by atoms with Crippen molar-refractivity contribution in [3.05, 3.63) is 62.6 Å². The predicted octanol–water partition coefficient (Wildman–Crippen LogP) is 1.35. The lowest BCUT2D eigenvalue weighted by Crippen LogP contribution is -2.44. The number of ether oxygens (including phenoxy) is 1. The van der Waals surface area contributed by atoms with Crippen molar-refractivity contribution in [3.8, 4) is 17.1 Å². The number of phenols is 1. The number of nitrogens with zero attached hydrogens (tertiary/aromatic N) is 2. The summed E-state index contributed by atoms with van der Waals surface area (Å²) < 4.78 is 6.55. The molecule has 4 N–H and O–H groups in total. The number of cyclic esters (lactones) is 1. The second kappa shape index (κ2) is 8.02. The van der Waals surface area contributed by atoms with Gasteiger partial charge in [-0.05, 0) is 36.8 Å². The number of nitrogens with one attached hydrogen (secondary N) is 1. The first-order valence-electron chi connectivity index (χ1n) is 11.1. The number of fused-ring (bicyclic) bond motifs is 5. The Hall–Kier alpha value is -4.51. The number of hydrogen-bond acceptors (Lipinski definition) is 8. The van der Waals surface area contributed by atoms with Crippen molar-refractivity contribution in [1.82, 2.24) is 14.9 Å². The maximum absolute atomic E-state index is 13.3. The molecule has 184 valence electrons. The number of carboxylic acid groups (broad SMARTS) is 1. The fourth-order valence-corrected chi connectivity index (χ4v) is 4.70. The van der Waals surface area contributed by atoms with E-state index in [1.165, 1.54) is 17.6 Å². The van der Waals surface area contributed by atoms with Crippen molar-refractivity contribution in [2.24, 2.45) is 0 Å². The van der Waals surface area contributed by atoms with Crippen LogP contribution >= 0.6 is 0 Å². The Labute approximate surface area is 203 Å². The van der Waals surface area contributed by atoms with Gasteiger partial charge in [-0.25, -0.2) is 14.6 Å². The lowest BCUT2D eigenvalue weighted by molar-refractivity contribution is -0.172. The van der Waals surface area contributed by atoms with Crippen LogP contribution < -0.4 is 10.9 Å². The zero-order chi connectivity index (χ0) is 25.9. The summed E-state index contributed by atoms with van der Waals surface area (Å²) in [5, 5.41) is 33.6. The summed E-state index contributed by atoms with van der Waals surface area (Å²) in [6, 6.07) is 6.17. The number of aliphatic carboxylic acids is 1. The third kappa shape index (κ3) is 3.35. The summed E-state index contributed by atoms with van der Waals surface area (Å²) in [4.78, 5) is 53.3. The monoisotopic (exact) mass is 491 g/mol. The first-order valence-corrected chi connectivity index (χ1v) is 11.1. The molecule has 2 aliphatic rings. The number of aromatic hydroxyl groups is 1. The Morgan fingerprint density at radius 3 is 2.69 bits per heavy atom. The average molecular weight is 491 g/mol. The number of aliphatic hydroxyl groups is 1. The zero-order valence-electron chi connectivity index (χ0n) is 19.3. The second-order valence-electron chi connectivity index (χ2n) is 8.71. The smallest absolute Gasteiger partial charge is 0.352 e. The van der Waals surface area contributed by atoms with Crippen LogP contribution in [-0.4, -0.2) is 42.7 Å². The highest BCUT2D eigenvalue weighted by Crippen LogP contribution is 2.39. The van der Waals surface area contributed by atoms with E-state index >= 15 is 0 Å². The van der Waals surface area contributed by atoms with E-state index in [-0.39, 0.29) is 42.0 Å². The van der Waals surface area contributed by atoms with Crippen molar-refractivity contribution in [3.63, 3.8) is 0 Å². The van der Waals surface area contributed by atoms with Crippen molar-refractivity contribution in [2.45, 2.75) is 39.0 Å². The van der Waals surface area contributed by atoms with E-state index in [2.05, 4.69) is 10.3 Å².